The molecule has 122 valence electrons. The van der Waals surface area contributed by atoms with E-state index in [1.807, 2.05) is 30.3 Å². The molecule has 1 aromatic heterocycles. The molecule has 0 saturated heterocycles. The standard InChI is InChI=1S/C18H10N2O4S/c21-16-12-8-4-5-9-13(12)17(22)20(16)24-18(23)15-19-10-14(25-15)11-6-2-1-3-7-11/h1-10H. The Morgan fingerprint density at radius 3 is 2.16 bits per heavy atom. The van der Waals surface area contributed by atoms with Gasteiger partial charge in [-0.25, -0.2) is 9.78 Å². The van der Waals surface area contributed by atoms with E-state index in [2.05, 4.69) is 4.98 Å². The third-order valence-corrected chi connectivity index (χ3v) is 4.70. The molecule has 2 amide bonds. The van der Waals surface area contributed by atoms with Crippen LogP contribution in [-0.4, -0.2) is 27.8 Å². The van der Waals surface area contributed by atoms with Crippen LogP contribution in [0.15, 0.2) is 60.8 Å². The minimum Gasteiger partial charge on any atom is -0.322 e. The van der Waals surface area contributed by atoms with Crippen molar-refractivity contribution in [2.45, 2.75) is 0 Å². The van der Waals surface area contributed by atoms with E-state index >= 15 is 0 Å². The Labute approximate surface area is 146 Å². The SMILES string of the molecule is O=C(ON1C(=O)c2ccccc2C1=O)c1ncc(-c2ccccc2)s1. The maximum Gasteiger partial charge on any atom is 0.392 e. The summed E-state index contributed by atoms with van der Waals surface area (Å²) in [5, 5.41) is 0.548. The lowest BCUT2D eigenvalue weighted by Crippen LogP contribution is -2.32. The zero-order chi connectivity index (χ0) is 17.4. The van der Waals surface area contributed by atoms with E-state index in [0.29, 0.717) is 5.06 Å². The van der Waals surface area contributed by atoms with E-state index in [1.54, 1.807) is 18.3 Å². The van der Waals surface area contributed by atoms with Crippen molar-refractivity contribution in [2.75, 3.05) is 0 Å². The Hall–Kier alpha value is -3.32. The first-order valence-corrected chi connectivity index (χ1v) is 8.18. The van der Waals surface area contributed by atoms with E-state index in [1.165, 1.54) is 12.1 Å². The summed E-state index contributed by atoms with van der Waals surface area (Å²) in [6, 6.07) is 15.8. The van der Waals surface area contributed by atoms with Crippen molar-refractivity contribution in [3.8, 4) is 10.4 Å². The molecular weight excluding hydrogens is 340 g/mol. The van der Waals surface area contributed by atoms with Crippen molar-refractivity contribution < 1.29 is 19.2 Å². The van der Waals surface area contributed by atoms with E-state index in [-0.39, 0.29) is 16.1 Å². The highest BCUT2D eigenvalue weighted by Gasteiger charge is 2.39. The summed E-state index contributed by atoms with van der Waals surface area (Å²) in [4.78, 5) is 46.5. The highest BCUT2D eigenvalue weighted by molar-refractivity contribution is 7.16. The summed E-state index contributed by atoms with van der Waals surface area (Å²) in [6.45, 7) is 0. The number of hydrogen-bond acceptors (Lipinski definition) is 6. The van der Waals surface area contributed by atoms with Crippen LogP contribution in [-0.2, 0) is 4.84 Å². The first kappa shape index (κ1) is 15.2. The van der Waals surface area contributed by atoms with E-state index in [9.17, 15) is 14.4 Å². The van der Waals surface area contributed by atoms with Crippen molar-refractivity contribution in [1.29, 1.82) is 0 Å². The molecule has 0 saturated carbocycles. The average molecular weight is 350 g/mol. The number of imide groups is 1. The normalized spacial score (nSPS) is 13.0. The first-order valence-electron chi connectivity index (χ1n) is 7.36. The number of hydrogen-bond donors (Lipinski definition) is 0. The monoisotopic (exact) mass is 350 g/mol. The van der Waals surface area contributed by atoms with Crippen LogP contribution >= 0.6 is 11.3 Å². The van der Waals surface area contributed by atoms with Crippen LogP contribution in [0.2, 0.25) is 0 Å². The van der Waals surface area contributed by atoms with Gasteiger partial charge >= 0.3 is 5.97 Å². The summed E-state index contributed by atoms with van der Waals surface area (Å²) < 4.78 is 0. The third kappa shape index (κ3) is 2.60. The minimum absolute atomic E-state index is 0.0652. The summed E-state index contributed by atoms with van der Waals surface area (Å²) >= 11 is 1.13. The van der Waals surface area contributed by atoms with Gasteiger partial charge in [-0.15, -0.1) is 11.3 Å². The van der Waals surface area contributed by atoms with Crippen molar-refractivity contribution in [3.63, 3.8) is 0 Å². The van der Waals surface area contributed by atoms with Gasteiger partial charge in [0, 0.05) is 6.20 Å². The van der Waals surface area contributed by atoms with Crippen LogP contribution < -0.4 is 0 Å². The molecule has 0 N–H and O–H groups in total. The number of fused-ring (bicyclic) bond motifs is 1. The molecule has 4 rings (SSSR count). The van der Waals surface area contributed by atoms with Gasteiger partial charge in [0.1, 0.15) is 0 Å². The van der Waals surface area contributed by atoms with Gasteiger partial charge < -0.3 is 4.84 Å². The number of carbonyl (C=O) groups excluding carboxylic acids is 3. The number of hydroxylamine groups is 2. The van der Waals surface area contributed by atoms with Crippen LogP contribution in [0.5, 0.6) is 0 Å². The summed E-state index contributed by atoms with van der Waals surface area (Å²) in [5.41, 5.74) is 1.34. The molecule has 3 aromatic rings. The third-order valence-electron chi connectivity index (χ3n) is 3.67. The molecule has 0 spiro atoms. The highest BCUT2D eigenvalue weighted by atomic mass is 32.1. The Bertz CT molecular complexity index is 962. The van der Waals surface area contributed by atoms with E-state index in [4.69, 9.17) is 4.84 Å². The van der Waals surface area contributed by atoms with Crippen LogP contribution in [0.25, 0.3) is 10.4 Å². The molecule has 0 bridgehead atoms. The van der Waals surface area contributed by atoms with Crippen molar-refractivity contribution in [1.82, 2.24) is 10.0 Å². The average Bonchev–Trinajstić information content (AvgIpc) is 3.23. The van der Waals surface area contributed by atoms with Gasteiger partial charge in [0.15, 0.2) is 0 Å². The molecule has 0 unspecified atom stereocenters. The second kappa shape index (κ2) is 5.95. The molecule has 0 radical (unpaired) electrons. The summed E-state index contributed by atoms with van der Waals surface area (Å²) in [6.07, 6.45) is 1.55. The number of benzene rings is 2. The van der Waals surface area contributed by atoms with Gasteiger partial charge in [0.2, 0.25) is 5.01 Å². The van der Waals surface area contributed by atoms with E-state index < -0.39 is 17.8 Å². The fourth-order valence-electron chi connectivity index (χ4n) is 2.48. The lowest BCUT2D eigenvalue weighted by atomic mass is 10.1. The van der Waals surface area contributed by atoms with Gasteiger partial charge in [0.05, 0.1) is 16.0 Å². The quantitative estimate of drug-likeness (QED) is 0.678. The van der Waals surface area contributed by atoms with Crippen molar-refractivity contribution >= 4 is 29.1 Å². The maximum atomic E-state index is 12.3. The molecule has 1 aliphatic rings. The second-order valence-corrected chi connectivity index (χ2v) is 6.26. The minimum atomic E-state index is -0.846. The van der Waals surface area contributed by atoms with E-state index in [0.717, 1.165) is 21.8 Å². The molecule has 0 atom stereocenters. The predicted molar refractivity (Wildman–Crippen MR) is 89.9 cm³/mol. The predicted octanol–water partition coefficient (Wildman–Crippen LogP) is 3.18. The Morgan fingerprint density at radius 2 is 1.52 bits per heavy atom. The Kier molecular flexibility index (Phi) is 3.62. The Morgan fingerprint density at radius 1 is 0.920 bits per heavy atom. The van der Waals surface area contributed by atoms with Crippen molar-refractivity contribution in [3.05, 3.63) is 76.9 Å². The lowest BCUT2D eigenvalue weighted by molar-refractivity contribution is -0.0584. The van der Waals surface area contributed by atoms with Crippen molar-refractivity contribution in [2.24, 2.45) is 0 Å². The molecule has 2 heterocycles. The van der Waals surface area contributed by atoms with Crippen LogP contribution in [0, 0.1) is 0 Å². The Balaban J connectivity index is 1.55. The number of amides is 2. The number of nitrogens with zero attached hydrogens (tertiary/aromatic N) is 2. The molecule has 6 nitrogen and oxygen atoms in total. The maximum absolute atomic E-state index is 12.3. The van der Waals surface area contributed by atoms with Crippen LogP contribution in [0.1, 0.15) is 30.5 Å². The van der Waals surface area contributed by atoms with Crippen LogP contribution in [0.3, 0.4) is 0 Å². The highest BCUT2D eigenvalue weighted by Crippen LogP contribution is 2.27. The van der Waals surface area contributed by atoms with Gasteiger partial charge in [-0.1, -0.05) is 47.5 Å². The fourth-order valence-corrected chi connectivity index (χ4v) is 3.27. The molecule has 1 aliphatic heterocycles. The molecule has 0 aliphatic carbocycles. The zero-order valence-corrected chi connectivity index (χ0v) is 13.5. The number of thiazole rings is 1. The zero-order valence-electron chi connectivity index (χ0n) is 12.7. The van der Waals surface area contributed by atoms with Gasteiger partial charge in [-0.2, -0.15) is 0 Å². The lowest BCUT2D eigenvalue weighted by Gasteiger charge is -2.11. The molecular formula is C18H10N2O4S. The van der Waals surface area contributed by atoms with Crippen LogP contribution in [0.4, 0.5) is 0 Å². The summed E-state index contributed by atoms with van der Waals surface area (Å²) in [7, 11) is 0. The molecule has 7 heteroatoms. The molecule has 25 heavy (non-hydrogen) atoms. The first-order chi connectivity index (χ1) is 12.1. The smallest absolute Gasteiger partial charge is 0.322 e. The fraction of sp³-hybridized carbons (Fsp3) is 0. The second-order valence-electron chi connectivity index (χ2n) is 5.22. The van der Waals surface area contributed by atoms with Gasteiger partial charge in [-0.3, -0.25) is 9.59 Å². The topological polar surface area (TPSA) is 76.6 Å². The number of rotatable bonds is 3. The number of carbonyl (C=O) groups is 3. The summed E-state index contributed by atoms with van der Waals surface area (Å²) in [5.74, 6) is -2.16. The number of aromatic nitrogens is 1. The molecule has 2 aromatic carbocycles. The van der Waals surface area contributed by atoms with Gasteiger partial charge in [-0.05, 0) is 17.7 Å². The largest absolute Gasteiger partial charge is 0.392 e. The van der Waals surface area contributed by atoms with Gasteiger partial charge in [0.25, 0.3) is 11.8 Å². The molecule has 0 fully saturated rings.